The smallest absolute Gasteiger partial charge is 0.255 e. The van der Waals surface area contributed by atoms with E-state index >= 15 is 0 Å². The van der Waals surface area contributed by atoms with E-state index < -0.39 is 0 Å². The number of fused-ring (bicyclic) bond motifs is 1. The van der Waals surface area contributed by atoms with Gasteiger partial charge in [0.05, 0.1) is 23.8 Å². The summed E-state index contributed by atoms with van der Waals surface area (Å²) in [4.78, 5) is 15.3. The van der Waals surface area contributed by atoms with E-state index in [9.17, 15) is 4.79 Å². The summed E-state index contributed by atoms with van der Waals surface area (Å²) in [6, 6.07) is 1.57. The van der Waals surface area contributed by atoms with E-state index in [1.165, 1.54) is 7.11 Å². The second kappa shape index (κ2) is 10.3. The molecule has 9 heteroatoms. The maximum atomic E-state index is 12.9. The third kappa shape index (κ3) is 5.06. The molecule has 0 radical (unpaired) electrons. The highest BCUT2D eigenvalue weighted by atomic mass is 35.5. The minimum absolute atomic E-state index is 0.0776. The number of nitrogens with one attached hydrogen (secondary N) is 2. The molecule has 3 rings (SSSR count). The van der Waals surface area contributed by atoms with Crippen LogP contribution in [0.1, 0.15) is 16.8 Å². The Balaban J connectivity index is 1.66. The second-order valence-corrected chi connectivity index (χ2v) is 7.64. The van der Waals surface area contributed by atoms with Gasteiger partial charge in [-0.25, -0.2) is 0 Å². The van der Waals surface area contributed by atoms with Gasteiger partial charge >= 0.3 is 0 Å². The summed E-state index contributed by atoms with van der Waals surface area (Å²) >= 11 is 6.29. The van der Waals surface area contributed by atoms with Gasteiger partial charge in [-0.3, -0.25) is 9.69 Å². The average molecular weight is 428 g/mol. The number of benzene rings is 1. The van der Waals surface area contributed by atoms with Gasteiger partial charge in [-0.1, -0.05) is 11.6 Å². The van der Waals surface area contributed by atoms with Crippen LogP contribution in [0.15, 0.2) is 6.07 Å². The van der Waals surface area contributed by atoms with Crippen LogP contribution in [-0.2, 0) is 4.74 Å². The number of piperidine rings is 1. The van der Waals surface area contributed by atoms with E-state index in [2.05, 4.69) is 15.5 Å². The van der Waals surface area contributed by atoms with Crippen molar-refractivity contribution in [3.05, 3.63) is 16.7 Å². The summed E-state index contributed by atoms with van der Waals surface area (Å²) in [5.74, 6) is 1.13. The van der Waals surface area contributed by atoms with E-state index in [1.807, 2.05) is 7.05 Å². The summed E-state index contributed by atoms with van der Waals surface area (Å²) in [7, 11) is 5.19. The van der Waals surface area contributed by atoms with Crippen molar-refractivity contribution in [1.82, 2.24) is 15.5 Å². The summed E-state index contributed by atoms with van der Waals surface area (Å²) in [5.41, 5.74) is 0.353. The molecule has 162 valence electrons. The molecule has 0 aliphatic carbocycles. The highest BCUT2D eigenvalue weighted by Gasteiger charge is 2.31. The fraction of sp³-hybridized carbons (Fsp3) is 0.650. The number of likely N-dealkylation sites (N-methyl/N-ethyl adjacent to an activating group) is 1. The summed E-state index contributed by atoms with van der Waals surface area (Å²) in [5, 5.41) is 6.51. The molecular weight excluding hydrogens is 398 g/mol. The van der Waals surface area contributed by atoms with Crippen molar-refractivity contribution in [2.75, 3.05) is 67.2 Å². The largest absolute Gasteiger partial charge is 0.491 e. The first-order valence-corrected chi connectivity index (χ1v) is 10.3. The first-order valence-electron chi connectivity index (χ1n) is 9.93. The van der Waals surface area contributed by atoms with Crippen LogP contribution in [0.4, 0.5) is 0 Å². The van der Waals surface area contributed by atoms with Crippen molar-refractivity contribution in [1.29, 1.82) is 0 Å². The number of rotatable bonds is 8. The van der Waals surface area contributed by atoms with Gasteiger partial charge in [-0.2, -0.15) is 0 Å². The van der Waals surface area contributed by atoms with Crippen molar-refractivity contribution in [3.63, 3.8) is 0 Å². The molecule has 2 atom stereocenters. The Kier molecular flexibility index (Phi) is 7.83. The molecule has 1 amide bonds. The quantitative estimate of drug-likeness (QED) is 0.649. The van der Waals surface area contributed by atoms with Crippen LogP contribution in [0.3, 0.4) is 0 Å². The zero-order chi connectivity index (χ0) is 20.8. The number of carbonyl (C=O) groups is 1. The number of hydrogen-bond donors (Lipinski definition) is 2. The van der Waals surface area contributed by atoms with E-state index in [0.717, 1.165) is 32.6 Å². The molecule has 8 nitrogen and oxygen atoms in total. The van der Waals surface area contributed by atoms with Gasteiger partial charge in [0.25, 0.3) is 5.91 Å². The molecule has 1 unspecified atom stereocenters. The zero-order valence-corrected chi connectivity index (χ0v) is 18.0. The lowest BCUT2D eigenvalue weighted by atomic mass is 9.93. The number of hydrogen-bond acceptors (Lipinski definition) is 7. The molecule has 1 fully saturated rings. The highest BCUT2D eigenvalue weighted by Crippen LogP contribution is 2.46. The van der Waals surface area contributed by atoms with Gasteiger partial charge < -0.3 is 29.6 Å². The van der Waals surface area contributed by atoms with E-state index in [4.69, 9.17) is 30.5 Å². The van der Waals surface area contributed by atoms with Gasteiger partial charge in [0.1, 0.15) is 13.2 Å². The van der Waals surface area contributed by atoms with E-state index in [0.29, 0.717) is 47.6 Å². The molecule has 1 aromatic rings. The fourth-order valence-electron chi connectivity index (χ4n) is 3.83. The Bertz CT molecular complexity index is 718. The minimum Gasteiger partial charge on any atom is -0.491 e. The lowest BCUT2D eigenvalue weighted by Crippen LogP contribution is -2.49. The van der Waals surface area contributed by atoms with Crippen LogP contribution >= 0.6 is 11.6 Å². The van der Waals surface area contributed by atoms with Gasteiger partial charge in [-0.15, -0.1) is 0 Å². The maximum Gasteiger partial charge on any atom is 0.255 e. The van der Waals surface area contributed by atoms with Crippen molar-refractivity contribution in [2.24, 2.45) is 5.92 Å². The Morgan fingerprint density at radius 1 is 1.31 bits per heavy atom. The normalized spacial score (nSPS) is 21.7. The first-order chi connectivity index (χ1) is 14.1. The monoisotopic (exact) mass is 427 g/mol. The topological polar surface area (TPSA) is 81.3 Å². The van der Waals surface area contributed by atoms with Crippen LogP contribution in [-0.4, -0.2) is 84.1 Å². The average Bonchev–Trinajstić information content (AvgIpc) is 2.75. The maximum absolute atomic E-state index is 12.9. The van der Waals surface area contributed by atoms with Gasteiger partial charge in [-0.05, 0) is 26.1 Å². The number of nitrogens with zero attached hydrogens (tertiary/aromatic N) is 1. The number of carbonyl (C=O) groups excluding carboxylic acids is 1. The van der Waals surface area contributed by atoms with E-state index in [-0.39, 0.29) is 17.9 Å². The number of likely N-dealkylation sites (tertiary alicyclic amines) is 1. The molecule has 0 spiro atoms. The van der Waals surface area contributed by atoms with E-state index in [1.54, 1.807) is 13.2 Å². The number of methoxy groups -OCH3 is 2. The minimum atomic E-state index is -0.247. The molecule has 0 aromatic heterocycles. The highest BCUT2D eigenvalue weighted by molar-refractivity contribution is 6.33. The van der Waals surface area contributed by atoms with Crippen molar-refractivity contribution < 1.29 is 23.7 Å². The Morgan fingerprint density at radius 3 is 2.76 bits per heavy atom. The van der Waals surface area contributed by atoms with Crippen molar-refractivity contribution in [3.8, 4) is 17.2 Å². The lowest BCUT2D eigenvalue weighted by molar-refractivity contribution is -0.00981. The Hall–Kier alpha value is -1.74. The van der Waals surface area contributed by atoms with Gasteiger partial charge in [0.2, 0.25) is 5.75 Å². The third-order valence-corrected chi connectivity index (χ3v) is 5.74. The van der Waals surface area contributed by atoms with Gasteiger partial charge in [0.15, 0.2) is 11.5 Å². The first kappa shape index (κ1) is 22.0. The molecule has 0 bridgehead atoms. The summed E-state index contributed by atoms with van der Waals surface area (Å²) in [6.07, 6.45) is 1.04. The third-order valence-electron chi connectivity index (χ3n) is 5.46. The summed E-state index contributed by atoms with van der Waals surface area (Å²) in [6.45, 7) is 5.06. The second-order valence-electron chi connectivity index (χ2n) is 7.23. The SMILES string of the molecule is CNCCN1CC[C@@H](CNC(=O)c2cc(Cl)c(OC)c3c2OCCO3)C(OC)C1. The predicted octanol–water partition coefficient (Wildman–Crippen LogP) is 1.41. The van der Waals surface area contributed by atoms with Crippen LogP contribution in [0, 0.1) is 5.92 Å². The van der Waals surface area contributed by atoms with Crippen LogP contribution in [0.5, 0.6) is 17.2 Å². The zero-order valence-electron chi connectivity index (χ0n) is 17.3. The molecule has 29 heavy (non-hydrogen) atoms. The molecule has 2 aliphatic heterocycles. The molecule has 2 N–H and O–H groups in total. The fourth-order valence-corrected chi connectivity index (χ4v) is 4.11. The molecular formula is C20H30ClN3O5. The number of amides is 1. The predicted molar refractivity (Wildman–Crippen MR) is 111 cm³/mol. The van der Waals surface area contributed by atoms with Crippen molar-refractivity contribution >= 4 is 17.5 Å². The number of halogens is 1. The molecule has 0 saturated carbocycles. The molecule has 2 aliphatic rings. The molecule has 1 saturated heterocycles. The lowest BCUT2D eigenvalue weighted by Gasteiger charge is -2.37. The molecule has 2 heterocycles. The standard InChI is InChI=1S/C20H30ClN3O5/c1-22-5-7-24-6-4-13(16(12-24)26-2)11-23-20(25)14-10-15(21)18(27-3)19-17(14)28-8-9-29-19/h10,13,16,22H,4-9,11-12H2,1-3H3,(H,23,25)/t13-,16?/m0/s1. The molecule has 1 aromatic carbocycles. The number of ether oxygens (including phenoxy) is 4. The summed E-state index contributed by atoms with van der Waals surface area (Å²) < 4.78 is 22.3. The van der Waals surface area contributed by atoms with Crippen LogP contribution < -0.4 is 24.8 Å². The van der Waals surface area contributed by atoms with Gasteiger partial charge in [0, 0.05) is 39.2 Å². The van der Waals surface area contributed by atoms with Crippen LogP contribution in [0.2, 0.25) is 5.02 Å². The Morgan fingerprint density at radius 2 is 2.07 bits per heavy atom. The van der Waals surface area contributed by atoms with Crippen LogP contribution in [0.25, 0.3) is 0 Å². The van der Waals surface area contributed by atoms with Crippen molar-refractivity contribution in [2.45, 2.75) is 12.5 Å². The Labute approximate surface area is 176 Å².